The molecule has 1 amide bonds. The van der Waals surface area contributed by atoms with Crippen molar-refractivity contribution in [1.29, 1.82) is 0 Å². The number of carbonyl (C=O) groups excluding carboxylic acids is 2. The van der Waals surface area contributed by atoms with Gasteiger partial charge in [0, 0.05) is 34.6 Å². The van der Waals surface area contributed by atoms with Crippen molar-refractivity contribution in [3.63, 3.8) is 0 Å². The van der Waals surface area contributed by atoms with Gasteiger partial charge < -0.3 is 14.6 Å². The predicted octanol–water partition coefficient (Wildman–Crippen LogP) is 5.46. The van der Waals surface area contributed by atoms with Gasteiger partial charge in [-0.3, -0.25) is 4.79 Å². The zero-order valence-electron chi connectivity index (χ0n) is 19.4. The first-order valence-electron chi connectivity index (χ1n) is 11.2. The number of amides is 1. The molecule has 4 rings (SSSR count). The largest absolute Gasteiger partial charge is 0.459 e. The van der Waals surface area contributed by atoms with Crippen molar-refractivity contribution < 1.29 is 14.3 Å². The minimum absolute atomic E-state index is 0.127. The van der Waals surface area contributed by atoms with Gasteiger partial charge in [-0.25, -0.2) is 4.79 Å². The Hall–Kier alpha value is -3.34. The van der Waals surface area contributed by atoms with Gasteiger partial charge in [0.15, 0.2) is 0 Å². The molecular formula is C27H30N2O3. The topological polar surface area (TPSA) is 62.4 Å². The smallest absolute Gasteiger partial charge is 0.342 e. The Balaban J connectivity index is 1.88. The van der Waals surface area contributed by atoms with E-state index in [0.29, 0.717) is 17.7 Å². The molecular weight excluding hydrogens is 400 g/mol. The Bertz CT molecular complexity index is 1220. The summed E-state index contributed by atoms with van der Waals surface area (Å²) in [4.78, 5) is 31.8. The Morgan fingerprint density at radius 3 is 2.59 bits per heavy atom. The van der Waals surface area contributed by atoms with Crippen LogP contribution in [0, 0.1) is 0 Å². The van der Waals surface area contributed by atoms with E-state index in [4.69, 9.17) is 4.74 Å². The van der Waals surface area contributed by atoms with Crippen LogP contribution in [0.5, 0.6) is 0 Å². The van der Waals surface area contributed by atoms with E-state index in [1.807, 2.05) is 56.3 Å². The Morgan fingerprint density at radius 2 is 1.88 bits per heavy atom. The summed E-state index contributed by atoms with van der Waals surface area (Å²) in [5, 5.41) is 1.05. The molecule has 3 aromatic rings. The van der Waals surface area contributed by atoms with Crippen molar-refractivity contribution in [2.45, 2.75) is 52.6 Å². The molecule has 1 aromatic heterocycles. The van der Waals surface area contributed by atoms with Gasteiger partial charge in [0.2, 0.25) is 0 Å². The van der Waals surface area contributed by atoms with Crippen LogP contribution in [0.2, 0.25) is 0 Å². The first-order chi connectivity index (χ1) is 15.2. The average molecular weight is 431 g/mol. The molecule has 1 N–H and O–H groups in total. The Morgan fingerprint density at radius 1 is 1.12 bits per heavy atom. The number of hydrogen-bond acceptors (Lipinski definition) is 3. The first kappa shape index (κ1) is 21.9. The van der Waals surface area contributed by atoms with Crippen molar-refractivity contribution >= 4 is 28.4 Å². The van der Waals surface area contributed by atoms with E-state index < -0.39 is 11.4 Å². The molecule has 0 saturated heterocycles. The second kappa shape index (κ2) is 8.30. The number of benzene rings is 2. The molecule has 166 valence electrons. The lowest BCUT2D eigenvalue weighted by Crippen LogP contribution is -2.37. The number of nitrogens with one attached hydrogen (secondary N) is 1. The van der Waals surface area contributed by atoms with Gasteiger partial charge in [-0.2, -0.15) is 0 Å². The van der Waals surface area contributed by atoms with Crippen molar-refractivity contribution in [2.24, 2.45) is 0 Å². The van der Waals surface area contributed by atoms with Crippen LogP contribution >= 0.6 is 0 Å². The normalized spacial score (nSPS) is 15.3. The summed E-state index contributed by atoms with van der Waals surface area (Å²) in [6.45, 7) is 10.4. The van der Waals surface area contributed by atoms with Crippen molar-refractivity contribution in [3.05, 3.63) is 77.1 Å². The molecule has 5 nitrogen and oxygen atoms in total. The van der Waals surface area contributed by atoms with Crippen molar-refractivity contribution in [3.8, 4) is 0 Å². The maximum Gasteiger partial charge on any atom is 0.342 e. The summed E-state index contributed by atoms with van der Waals surface area (Å²) >= 11 is 0. The number of hydrogen-bond donors (Lipinski definition) is 1. The lowest BCUT2D eigenvalue weighted by Gasteiger charge is -2.29. The lowest BCUT2D eigenvalue weighted by molar-refractivity contribution is -0.140. The molecule has 0 atom stereocenters. The highest BCUT2D eigenvalue weighted by Crippen LogP contribution is 2.40. The highest BCUT2D eigenvalue weighted by molar-refractivity contribution is 6.18. The number of aromatic amines is 1. The molecule has 1 aliphatic rings. The van der Waals surface area contributed by atoms with Gasteiger partial charge in [-0.15, -0.1) is 0 Å². The molecule has 2 aromatic carbocycles. The van der Waals surface area contributed by atoms with E-state index in [0.717, 1.165) is 34.1 Å². The maximum absolute atomic E-state index is 13.6. The average Bonchev–Trinajstić information content (AvgIpc) is 3.10. The van der Waals surface area contributed by atoms with Gasteiger partial charge in [0.25, 0.3) is 5.91 Å². The minimum atomic E-state index is -0.439. The molecule has 0 unspecified atom stereocenters. The van der Waals surface area contributed by atoms with Crippen LogP contribution in [0.1, 0.15) is 61.8 Å². The fraction of sp³-hybridized carbons (Fsp3) is 0.333. The number of para-hydroxylation sites is 1. The molecule has 5 heteroatoms. The zero-order valence-corrected chi connectivity index (χ0v) is 19.4. The van der Waals surface area contributed by atoms with Crippen LogP contribution in [0.15, 0.2) is 54.7 Å². The highest BCUT2D eigenvalue weighted by atomic mass is 16.5. The summed E-state index contributed by atoms with van der Waals surface area (Å²) in [5.74, 6) is -0.566. The second-order valence-corrected chi connectivity index (χ2v) is 9.29. The number of aromatic nitrogens is 1. The standard InChI is InChI=1S/C27H30N2O3/c1-6-18-10-9-11-19(14-18)25(30)29-15-21(26(31)32-17(2)3)24-23(27(4,5)16-29)20-12-7-8-13-22(20)28-24/h7-15,17,28H,6,16H2,1-5H3. The number of carbonyl (C=O) groups is 2. The fourth-order valence-corrected chi connectivity index (χ4v) is 4.47. The molecule has 0 fully saturated rings. The third-order valence-corrected chi connectivity index (χ3v) is 5.91. The number of ether oxygens (including phenoxy) is 1. The van der Waals surface area contributed by atoms with Crippen LogP contribution in [0.4, 0.5) is 0 Å². The van der Waals surface area contributed by atoms with Gasteiger partial charge in [-0.1, -0.05) is 51.1 Å². The van der Waals surface area contributed by atoms with Gasteiger partial charge in [0.05, 0.1) is 17.4 Å². The maximum atomic E-state index is 13.6. The molecule has 0 radical (unpaired) electrons. The van der Waals surface area contributed by atoms with Crippen LogP contribution in [-0.2, 0) is 21.4 Å². The SMILES string of the molecule is CCc1cccc(C(=O)N2C=C(C(=O)OC(C)C)c3[nH]c4ccccc4c3C(C)(C)C2)c1. The zero-order chi connectivity index (χ0) is 23.0. The number of fused-ring (bicyclic) bond motifs is 3. The van der Waals surface area contributed by atoms with Crippen LogP contribution < -0.4 is 0 Å². The van der Waals surface area contributed by atoms with Gasteiger partial charge in [-0.05, 0) is 49.6 Å². The fourth-order valence-electron chi connectivity index (χ4n) is 4.47. The number of rotatable bonds is 4. The molecule has 0 saturated carbocycles. The first-order valence-corrected chi connectivity index (χ1v) is 11.2. The molecule has 2 heterocycles. The third kappa shape index (κ3) is 3.95. The van der Waals surface area contributed by atoms with E-state index in [-0.39, 0.29) is 12.0 Å². The molecule has 0 spiro atoms. The summed E-state index contributed by atoms with van der Waals surface area (Å²) in [5.41, 5.74) is 4.40. The molecule has 0 bridgehead atoms. The molecule has 1 aliphatic heterocycles. The number of H-pyrrole nitrogens is 1. The number of nitrogens with zero attached hydrogens (tertiary/aromatic N) is 1. The predicted molar refractivity (Wildman–Crippen MR) is 127 cm³/mol. The summed E-state index contributed by atoms with van der Waals surface area (Å²) in [7, 11) is 0. The summed E-state index contributed by atoms with van der Waals surface area (Å²) in [6.07, 6.45) is 2.25. The van der Waals surface area contributed by atoms with E-state index in [1.165, 1.54) is 0 Å². The molecule has 32 heavy (non-hydrogen) atoms. The van der Waals surface area contributed by atoms with Crippen molar-refractivity contribution in [2.75, 3.05) is 6.54 Å². The molecule has 0 aliphatic carbocycles. The summed E-state index contributed by atoms with van der Waals surface area (Å²) in [6, 6.07) is 15.7. The van der Waals surface area contributed by atoms with E-state index in [9.17, 15) is 9.59 Å². The monoisotopic (exact) mass is 430 g/mol. The van der Waals surface area contributed by atoms with Crippen LogP contribution in [-0.4, -0.2) is 34.4 Å². The van der Waals surface area contributed by atoms with E-state index in [2.05, 4.69) is 31.8 Å². The highest BCUT2D eigenvalue weighted by Gasteiger charge is 2.37. The minimum Gasteiger partial charge on any atom is -0.459 e. The lowest BCUT2D eigenvalue weighted by atomic mass is 9.81. The van der Waals surface area contributed by atoms with Crippen LogP contribution in [0.25, 0.3) is 16.5 Å². The van der Waals surface area contributed by atoms with Crippen molar-refractivity contribution in [1.82, 2.24) is 9.88 Å². The number of aryl methyl sites for hydroxylation is 1. The number of esters is 1. The summed E-state index contributed by atoms with van der Waals surface area (Å²) < 4.78 is 5.57. The van der Waals surface area contributed by atoms with Gasteiger partial charge in [0.1, 0.15) is 0 Å². The third-order valence-electron chi connectivity index (χ3n) is 5.91. The quantitative estimate of drug-likeness (QED) is 0.559. The van der Waals surface area contributed by atoms with E-state index >= 15 is 0 Å². The Labute approximate surface area is 189 Å². The van der Waals surface area contributed by atoms with Crippen LogP contribution in [0.3, 0.4) is 0 Å². The van der Waals surface area contributed by atoms with Gasteiger partial charge >= 0.3 is 5.97 Å². The van der Waals surface area contributed by atoms with E-state index in [1.54, 1.807) is 11.1 Å². The second-order valence-electron chi connectivity index (χ2n) is 9.29. The Kier molecular flexibility index (Phi) is 5.68.